The minimum atomic E-state index is 0.262. The molecule has 0 aliphatic carbocycles. The minimum Gasteiger partial charge on any atom is -0.385 e. The second-order valence-electron chi connectivity index (χ2n) is 6.21. The highest BCUT2D eigenvalue weighted by molar-refractivity contribution is 5.79. The van der Waals surface area contributed by atoms with Crippen LogP contribution >= 0.6 is 0 Å². The maximum absolute atomic E-state index is 11.8. The highest BCUT2D eigenvalue weighted by Crippen LogP contribution is 2.15. The fourth-order valence-electron chi connectivity index (χ4n) is 2.85. The normalized spacial score (nSPS) is 14.9. The molecule has 1 amide bonds. The van der Waals surface area contributed by atoms with Gasteiger partial charge in [-0.15, -0.1) is 0 Å². The molecule has 0 saturated carbocycles. The number of benzene rings is 1. The zero-order valence-corrected chi connectivity index (χ0v) is 15.4. The van der Waals surface area contributed by atoms with Gasteiger partial charge in [0, 0.05) is 46.3 Å². The van der Waals surface area contributed by atoms with E-state index in [2.05, 4.69) is 40.7 Å². The predicted molar refractivity (Wildman–Crippen MR) is 100 cm³/mol. The maximum Gasteiger partial charge on any atom is 0.222 e. The lowest BCUT2D eigenvalue weighted by Gasteiger charge is -2.16. The molecule has 0 bridgehead atoms. The van der Waals surface area contributed by atoms with Crippen LogP contribution in [0.25, 0.3) is 0 Å². The summed E-state index contributed by atoms with van der Waals surface area (Å²) in [7, 11) is 1.71. The summed E-state index contributed by atoms with van der Waals surface area (Å²) < 4.78 is 5.06. The average molecular weight is 346 g/mol. The lowest BCUT2D eigenvalue weighted by atomic mass is 10.1. The number of ether oxygens (including phenoxy) is 1. The van der Waals surface area contributed by atoms with Crippen molar-refractivity contribution in [2.75, 3.05) is 33.4 Å². The number of amides is 1. The van der Waals surface area contributed by atoms with Crippen molar-refractivity contribution in [2.45, 2.75) is 39.3 Å². The molecule has 2 rings (SSSR count). The van der Waals surface area contributed by atoms with Crippen molar-refractivity contribution < 1.29 is 9.53 Å². The Hall–Kier alpha value is -2.08. The molecule has 138 valence electrons. The summed E-state index contributed by atoms with van der Waals surface area (Å²) in [6, 6.07) is 8.34. The number of rotatable bonds is 9. The van der Waals surface area contributed by atoms with E-state index in [1.54, 1.807) is 7.11 Å². The SMILES string of the molecule is CCNC(=NCc1cccc(CN2CCCC2=O)c1)NCCCOC. The molecule has 0 unspecified atom stereocenters. The van der Waals surface area contributed by atoms with Gasteiger partial charge in [-0.05, 0) is 30.9 Å². The van der Waals surface area contributed by atoms with E-state index in [0.29, 0.717) is 19.5 Å². The monoisotopic (exact) mass is 346 g/mol. The van der Waals surface area contributed by atoms with Gasteiger partial charge in [-0.25, -0.2) is 4.99 Å². The molecule has 1 aliphatic heterocycles. The molecule has 0 atom stereocenters. The standard InChI is InChI=1S/C19H30N4O2/c1-3-20-19(21-10-6-12-25-2)22-14-16-7-4-8-17(13-16)15-23-11-5-9-18(23)24/h4,7-8,13H,3,5-6,9-12,14-15H2,1-2H3,(H2,20,21,22). The Morgan fingerprint density at radius 3 is 2.88 bits per heavy atom. The molecule has 25 heavy (non-hydrogen) atoms. The van der Waals surface area contributed by atoms with Crippen LogP contribution in [0.2, 0.25) is 0 Å². The quantitative estimate of drug-likeness (QED) is 0.407. The van der Waals surface area contributed by atoms with E-state index in [1.165, 1.54) is 5.56 Å². The van der Waals surface area contributed by atoms with Crippen molar-refractivity contribution in [3.05, 3.63) is 35.4 Å². The van der Waals surface area contributed by atoms with E-state index in [0.717, 1.165) is 50.6 Å². The number of carbonyl (C=O) groups is 1. The summed E-state index contributed by atoms with van der Waals surface area (Å²) in [6.07, 6.45) is 2.61. The molecule has 1 saturated heterocycles. The third-order valence-corrected chi connectivity index (χ3v) is 4.12. The molecule has 0 radical (unpaired) electrons. The number of methoxy groups -OCH3 is 1. The van der Waals surface area contributed by atoms with E-state index in [1.807, 2.05) is 11.0 Å². The zero-order valence-electron chi connectivity index (χ0n) is 15.4. The van der Waals surface area contributed by atoms with Crippen LogP contribution in [0.5, 0.6) is 0 Å². The Labute approximate surface area is 150 Å². The molecule has 1 aromatic rings. The molecular weight excluding hydrogens is 316 g/mol. The van der Waals surface area contributed by atoms with Crippen LogP contribution in [0, 0.1) is 0 Å². The number of hydrogen-bond acceptors (Lipinski definition) is 3. The fourth-order valence-corrected chi connectivity index (χ4v) is 2.85. The van der Waals surface area contributed by atoms with Gasteiger partial charge in [-0.2, -0.15) is 0 Å². The van der Waals surface area contributed by atoms with Gasteiger partial charge in [0.05, 0.1) is 6.54 Å². The highest BCUT2D eigenvalue weighted by Gasteiger charge is 2.19. The van der Waals surface area contributed by atoms with Gasteiger partial charge in [0.1, 0.15) is 0 Å². The first-order chi connectivity index (χ1) is 12.2. The number of carbonyl (C=O) groups excluding carboxylic acids is 1. The number of guanidine groups is 1. The minimum absolute atomic E-state index is 0.262. The van der Waals surface area contributed by atoms with Crippen LogP contribution < -0.4 is 10.6 Å². The summed E-state index contributed by atoms with van der Waals surface area (Å²) in [5, 5.41) is 6.57. The Balaban J connectivity index is 1.90. The van der Waals surface area contributed by atoms with E-state index < -0.39 is 0 Å². The van der Waals surface area contributed by atoms with Crippen molar-refractivity contribution in [1.82, 2.24) is 15.5 Å². The number of nitrogens with one attached hydrogen (secondary N) is 2. The summed E-state index contributed by atoms with van der Waals surface area (Å²) in [5.74, 6) is 1.08. The van der Waals surface area contributed by atoms with E-state index in [-0.39, 0.29) is 5.91 Å². The lowest BCUT2D eigenvalue weighted by molar-refractivity contribution is -0.128. The van der Waals surface area contributed by atoms with Crippen LogP contribution in [0.3, 0.4) is 0 Å². The molecule has 6 nitrogen and oxygen atoms in total. The average Bonchev–Trinajstić information content (AvgIpc) is 3.01. The Kier molecular flexibility index (Phi) is 8.25. The summed E-state index contributed by atoms with van der Waals surface area (Å²) >= 11 is 0. The van der Waals surface area contributed by atoms with Crippen molar-refractivity contribution in [1.29, 1.82) is 0 Å². The van der Waals surface area contributed by atoms with Crippen molar-refractivity contribution in [3.63, 3.8) is 0 Å². The maximum atomic E-state index is 11.8. The highest BCUT2D eigenvalue weighted by atomic mass is 16.5. The number of hydrogen-bond donors (Lipinski definition) is 2. The first kappa shape index (κ1) is 19.2. The third kappa shape index (κ3) is 6.74. The Bertz CT molecular complexity index is 574. The molecule has 1 aromatic carbocycles. The Morgan fingerprint density at radius 2 is 2.16 bits per heavy atom. The summed E-state index contributed by atoms with van der Waals surface area (Å²) in [5.41, 5.74) is 2.32. The first-order valence-corrected chi connectivity index (χ1v) is 9.09. The predicted octanol–water partition coefficient (Wildman–Crippen LogP) is 1.90. The second-order valence-corrected chi connectivity index (χ2v) is 6.21. The van der Waals surface area contributed by atoms with Gasteiger partial charge in [0.2, 0.25) is 5.91 Å². The molecule has 0 aromatic heterocycles. The topological polar surface area (TPSA) is 66.0 Å². The van der Waals surface area contributed by atoms with Gasteiger partial charge in [0.25, 0.3) is 0 Å². The van der Waals surface area contributed by atoms with Gasteiger partial charge < -0.3 is 20.3 Å². The van der Waals surface area contributed by atoms with E-state index in [4.69, 9.17) is 4.74 Å². The van der Waals surface area contributed by atoms with Crippen LogP contribution in [0.4, 0.5) is 0 Å². The number of aliphatic imine (C=N–C) groups is 1. The molecular formula is C19H30N4O2. The van der Waals surface area contributed by atoms with Crippen molar-refractivity contribution in [2.24, 2.45) is 4.99 Å². The molecule has 1 fully saturated rings. The van der Waals surface area contributed by atoms with Gasteiger partial charge in [-0.3, -0.25) is 4.79 Å². The molecule has 1 heterocycles. The largest absolute Gasteiger partial charge is 0.385 e. The number of likely N-dealkylation sites (tertiary alicyclic amines) is 1. The summed E-state index contributed by atoms with van der Waals surface area (Å²) in [4.78, 5) is 18.4. The van der Waals surface area contributed by atoms with Gasteiger partial charge in [-0.1, -0.05) is 24.3 Å². The third-order valence-electron chi connectivity index (χ3n) is 4.12. The van der Waals surface area contributed by atoms with Gasteiger partial charge in [0.15, 0.2) is 5.96 Å². The lowest BCUT2D eigenvalue weighted by Crippen LogP contribution is -2.38. The first-order valence-electron chi connectivity index (χ1n) is 9.09. The number of nitrogens with zero attached hydrogens (tertiary/aromatic N) is 2. The van der Waals surface area contributed by atoms with Crippen LogP contribution in [-0.4, -0.2) is 50.1 Å². The summed E-state index contributed by atoms with van der Waals surface area (Å²) in [6.45, 7) is 6.64. The Morgan fingerprint density at radius 1 is 1.32 bits per heavy atom. The van der Waals surface area contributed by atoms with E-state index >= 15 is 0 Å². The molecule has 0 spiro atoms. The van der Waals surface area contributed by atoms with Crippen LogP contribution in [-0.2, 0) is 22.6 Å². The van der Waals surface area contributed by atoms with Gasteiger partial charge >= 0.3 is 0 Å². The zero-order chi connectivity index (χ0) is 17.9. The second kappa shape index (κ2) is 10.7. The van der Waals surface area contributed by atoms with Crippen molar-refractivity contribution >= 4 is 11.9 Å². The fraction of sp³-hybridized carbons (Fsp3) is 0.579. The van der Waals surface area contributed by atoms with E-state index in [9.17, 15) is 4.79 Å². The van der Waals surface area contributed by atoms with Crippen molar-refractivity contribution in [3.8, 4) is 0 Å². The van der Waals surface area contributed by atoms with Crippen LogP contribution in [0.1, 0.15) is 37.3 Å². The molecule has 1 aliphatic rings. The smallest absolute Gasteiger partial charge is 0.222 e. The molecule has 2 N–H and O–H groups in total. The molecule has 6 heteroatoms. The van der Waals surface area contributed by atoms with Crippen LogP contribution in [0.15, 0.2) is 29.3 Å².